The third-order valence-corrected chi connectivity index (χ3v) is 4.88. The molecule has 2 rings (SSSR count). The number of nitrogens with two attached hydrogens (primary N) is 1. The van der Waals surface area contributed by atoms with Crippen LogP contribution >= 0.6 is 0 Å². The molecule has 3 nitrogen and oxygen atoms in total. The van der Waals surface area contributed by atoms with Crippen molar-refractivity contribution >= 4 is 5.78 Å². The summed E-state index contributed by atoms with van der Waals surface area (Å²) < 4.78 is 5.38. The molecule has 0 aromatic rings. The van der Waals surface area contributed by atoms with Gasteiger partial charge >= 0.3 is 0 Å². The Balaban J connectivity index is 1.97. The van der Waals surface area contributed by atoms with Crippen LogP contribution in [-0.2, 0) is 9.53 Å². The summed E-state index contributed by atoms with van der Waals surface area (Å²) in [6.45, 7) is 5.28. The SMILES string of the molecule is CCC1CCC(C(=O)C2(C)COCC2N)CC1. The van der Waals surface area contributed by atoms with E-state index >= 15 is 0 Å². The van der Waals surface area contributed by atoms with Crippen molar-refractivity contribution in [2.45, 2.75) is 52.0 Å². The second kappa shape index (κ2) is 5.07. The second-order valence-electron chi connectivity index (χ2n) is 6.03. The van der Waals surface area contributed by atoms with Crippen LogP contribution in [-0.4, -0.2) is 25.0 Å². The maximum absolute atomic E-state index is 12.6. The predicted octanol–water partition coefficient (Wildman–Crippen LogP) is 2.14. The molecule has 2 atom stereocenters. The number of ketones is 1. The zero-order chi connectivity index (χ0) is 12.5. The lowest BCUT2D eigenvalue weighted by molar-refractivity contribution is -0.133. The molecule has 2 fully saturated rings. The third kappa shape index (κ3) is 2.41. The molecule has 1 saturated heterocycles. The first-order valence-corrected chi connectivity index (χ1v) is 6.95. The van der Waals surface area contributed by atoms with Gasteiger partial charge in [0.1, 0.15) is 5.78 Å². The van der Waals surface area contributed by atoms with Gasteiger partial charge in [0.15, 0.2) is 0 Å². The van der Waals surface area contributed by atoms with Gasteiger partial charge in [-0.15, -0.1) is 0 Å². The fraction of sp³-hybridized carbons (Fsp3) is 0.929. The van der Waals surface area contributed by atoms with Crippen molar-refractivity contribution < 1.29 is 9.53 Å². The Morgan fingerprint density at radius 3 is 2.47 bits per heavy atom. The van der Waals surface area contributed by atoms with Crippen molar-refractivity contribution in [1.29, 1.82) is 0 Å². The van der Waals surface area contributed by atoms with Crippen molar-refractivity contribution in [3.63, 3.8) is 0 Å². The summed E-state index contributed by atoms with van der Waals surface area (Å²) in [5.74, 6) is 1.42. The molecule has 2 aliphatic rings. The van der Waals surface area contributed by atoms with Crippen LogP contribution in [0.3, 0.4) is 0 Å². The fourth-order valence-electron chi connectivity index (χ4n) is 3.24. The Morgan fingerprint density at radius 1 is 1.35 bits per heavy atom. The topological polar surface area (TPSA) is 52.3 Å². The lowest BCUT2D eigenvalue weighted by Gasteiger charge is -2.33. The molecule has 2 unspecified atom stereocenters. The quantitative estimate of drug-likeness (QED) is 0.821. The van der Waals surface area contributed by atoms with Gasteiger partial charge in [-0.1, -0.05) is 13.3 Å². The molecule has 0 amide bonds. The number of ether oxygens (including phenoxy) is 1. The molecule has 0 aromatic heterocycles. The van der Waals surface area contributed by atoms with E-state index in [-0.39, 0.29) is 12.0 Å². The first kappa shape index (κ1) is 13.0. The summed E-state index contributed by atoms with van der Waals surface area (Å²) in [4.78, 5) is 12.6. The summed E-state index contributed by atoms with van der Waals surface area (Å²) in [5, 5.41) is 0. The van der Waals surface area contributed by atoms with Gasteiger partial charge in [0.25, 0.3) is 0 Å². The summed E-state index contributed by atoms with van der Waals surface area (Å²) in [6.07, 6.45) is 5.78. The highest BCUT2D eigenvalue weighted by Crippen LogP contribution is 2.38. The molecule has 98 valence electrons. The van der Waals surface area contributed by atoms with E-state index in [0.29, 0.717) is 19.0 Å². The van der Waals surface area contributed by atoms with Gasteiger partial charge in [0.2, 0.25) is 0 Å². The van der Waals surface area contributed by atoms with Crippen molar-refractivity contribution in [3.8, 4) is 0 Å². The number of carbonyl (C=O) groups is 1. The molecule has 0 bridgehead atoms. The van der Waals surface area contributed by atoms with Crippen LogP contribution in [0.5, 0.6) is 0 Å². The fourth-order valence-corrected chi connectivity index (χ4v) is 3.24. The van der Waals surface area contributed by atoms with Crippen LogP contribution in [0.2, 0.25) is 0 Å². The van der Waals surface area contributed by atoms with E-state index < -0.39 is 5.41 Å². The second-order valence-corrected chi connectivity index (χ2v) is 6.03. The minimum Gasteiger partial charge on any atom is -0.379 e. The van der Waals surface area contributed by atoms with Gasteiger partial charge in [-0.25, -0.2) is 0 Å². The normalized spacial score (nSPS) is 42.6. The number of rotatable bonds is 3. The molecule has 0 aromatic carbocycles. The minimum absolute atomic E-state index is 0.112. The highest BCUT2D eigenvalue weighted by atomic mass is 16.5. The summed E-state index contributed by atoms with van der Waals surface area (Å²) >= 11 is 0. The zero-order valence-electron chi connectivity index (χ0n) is 11.1. The Hall–Kier alpha value is -0.410. The van der Waals surface area contributed by atoms with Crippen molar-refractivity contribution in [1.82, 2.24) is 0 Å². The molecule has 0 radical (unpaired) electrons. The minimum atomic E-state index is -0.427. The van der Waals surface area contributed by atoms with Crippen LogP contribution in [0.25, 0.3) is 0 Å². The first-order chi connectivity index (χ1) is 8.08. The van der Waals surface area contributed by atoms with E-state index in [9.17, 15) is 4.79 Å². The Kier molecular flexibility index (Phi) is 3.88. The van der Waals surface area contributed by atoms with Gasteiger partial charge in [-0.3, -0.25) is 4.79 Å². The van der Waals surface area contributed by atoms with Gasteiger partial charge in [0, 0.05) is 12.0 Å². The van der Waals surface area contributed by atoms with Crippen molar-refractivity contribution in [3.05, 3.63) is 0 Å². The van der Waals surface area contributed by atoms with E-state index in [1.165, 1.54) is 19.3 Å². The molecule has 1 aliphatic carbocycles. The molecule has 3 heteroatoms. The van der Waals surface area contributed by atoms with E-state index in [4.69, 9.17) is 10.5 Å². The average Bonchev–Trinajstić information content (AvgIpc) is 2.70. The molecular formula is C14H25NO2. The van der Waals surface area contributed by atoms with E-state index in [1.54, 1.807) is 0 Å². The number of Topliss-reactive ketones (excluding diaryl/α,β-unsaturated/α-hetero) is 1. The summed E-state index contributed by atoms with van der Waals surface area (Å²) in [6, 6.07) is -0.112. The van der Waals surface area contributed by atoms with Gasteiger partial charge in [-0.05, 0) is 38.5 Å². The monoisotopic (exact) mass is 239 g/mol. The largest absolute Gasteiger partial charge is 0.379 e. The van der Waals surface area contributed by atoms with Gasteiger partial charge < -0.3 is 10.5 Å². The molecule has 1 aliphatic heterocycles. The van der Waals surface area contributed by atoms with Crippen LogP contribution < -0.4 is 5.73 Å². The number of hydrogen-bond donors (Lipinski definition) is 1. The predicted molar refractivity (Wildman–Crippen MR) is 67.6 cm³/mol. The van der Waals surface area contributed by atoms with Crippen molar-refractivity contribution in [2.24, 2.45) is 23.0 Å². The van der Waals surface area contributed by atoms with Crippen molar-refractivity contribution in [2.75, 3.05) is 13.2 Å². The molecule has 1 heterocycles. The molecule has 17 heavy (non-hydrogen) atoms. The molecule has 2 N–H and O–H groups in total. The number of hydrogen-bond acceptors (Lipinski definition) is 3. The maximum atomic E-state index is 12.6. The Labute approximate surface area is 104 Å². The van der Waals surface area contributed by atoms with E-state index in [0.717, 1.165) is 18.8 Å². The lowest BCUT2D eigenvalue weighted by atomic mass is 9.70. The Morgan fingerprint density at radius 2 is 2.00 bits per heavy atom. The third-order valence-electron chi connectivity index (χ3n) is 4.88. The lowest BCUT2D eigenvalue weighted by Crippen LogP contribution is -2.47. The smallest absolute Gasteiger partial charge is 0.145 e. The molecular weight excluding hydrogens is 214 g/mol. The van der Waals surface area contributed by atoms with E-state index in [1.807, 2.05) is 6.92 Å². The van der Waals surface area contributed by atoms with Crippen LogP contribution in [0, 0.1) is 17.3 Å². The van der Waals surface area contributed by atoms with Crippen LogP contribution in [0.15, 0.2) is 0 Å². The summed E-state index contributed by atoms with van der Waals surface area (Å²) in [7, 11) is 0. The van der Waals surface area contributed by atoms with Crippen LogP contribution in [0.4, 0.5) is 0 Å². The standard InChI is InChI=1S/C14H25NO2/c1-3-10-4-6-11(7-5-10)13(16)14(2)9-17-8-12(14)15/h10-12H,3-9,15H2,1-2H3. The maximum Gasteiger partial charge on any atom is 0.145 e. The van der Waals surface area contributed by atoms with Gasteiger partial charge in [0.05, 0.1) is 18.6 Å². The Bertz CT molecular complexity index is 284. The van der Waals surface area contributed by atoms with Crippen LogP contribution in [0.1, 0.15) is 46.0 Å². The first-order valence-electron chi connectivity index (χ1n) is 6.95. The van der Waals surface area contributed by atoms with Gasteiger partial charge in [-0.2, -0.15) is 0 Å². The number of carbonyl (C=O) groups excluding carboxylic acids is 1. The average molecular weight is 239 g/mol. The highest BCUT2D eigenvalue weighted by molar-refractivity contribution is 5.88. The summed E-state index contributed by atoms with van der Waals surface area (Å²) in [5.41, 5.74) is 5.60. The van der Waals surface area contributed by atoms with E-state index in [2.05, 4.69) is 6.92 Å². The molecule has 0 spiro atoms. The zero-order valence-corrected chi connectivity index (χ0v) is 11.1. The molecule has 1 saturated carbocycles. The highest BCUT2D eigenvalue weighted by Gasteiger charge is 2.46.